The molecule has 0 saturated heterocycles. The van der Waals surface area contributed by atoms with Gasteiger partial charge in [-0.1, -0.05) is 13.8 Å². The first kappa shape index (κ1) is 12.1. The Balaban J connectivity index is 2.35. The van der Waals surface area contributed by atoms with Gasteiger partial charge >= 0.3 is 0 Å². The van der Waals surface area contributed by atoms with Gasteiger partial charge in [0.15, 0.2) is 0 Å². The third-order valence-electron chi connectivity index (χ3n) is 3.94. The van der Waals surface area contributed by atoms with Crippen LogP contribution in [0.15, 0.2) is 0 Å². The van der Waals surface area contributed by atoms with E-state index in [1.807, 2.05) is 11.3 Å². The Kier molecular flexibility index (Phi) is 3.65. The lowest BCUT2D eigenvalue weighted by molar-refractivity contribution is 0.332. The van der Waals surface area contributed by atoms with Crippen LogP contribution in [0.1, 0.15) is 55.1 Å². The van der Waals surface area contributed by atoms with E-state index in [0.29, 0.717) is 0 Å². The van der Waals surface area contributed by atoms with Crippen LogP contribution in [-0.4, -0.2) is 12.0 Å². The van der Waals surface area contributed by atoms with Gasteiger partial charge in [0.1, 0.15) is 5.01 Å². The second-order valence-electron chi connectivity index (χ2n) is 4.64. The first-order valence-electron chi connectivity index (χ1n) is 6.43. The van der Waals surface area contributed by atoms with Crippen molar-refractivity contribution in [3.8, 4) is 0 Å². The summed E-state index contributed by atoms with van der Waals surface area (Å²) < 4.78 is 0. The molecule has 1 aromatic rings. The van der Waals surface area contributed by atoms with E-state index >= 15 is 0 Å². The Morgan fingerprint density at radius 3 is 2.50 bits per heavy atom. The van der Waals surface area contributed by atoms with Gasteiger partial charge in [-0.05, 0) is 45.6 Å². The molecule has 16 heavy (non-hydrogen) atoms. The van der Waals surface area contributed by atoms with Crippen molar-refractivity contribution in [1.82, 2.24) is 10.3 Å². The zero-order chi connectivity index (χ0) is 11.6. The van der Waals surface area contributed by atoms with Crippen LogP contribution in [0.4, 0.5) is 0 Å². The van der Waals surface area contributed by atoms with Crippen molar-refractivity contribution in [1.29, 1.82) is 0 Å². The Morgan fingerprint density at radius 1 is 1.25 bits per heavy atom. The number of nitrogens with one attached hydrogen (secondary N) is 1. The van der Waals surface area contributed by atoms with Crippen LogP contribution >= 0.6 is 11.3 Å². The minimum Gasteiger partial charge on any atom is -0.308 e. The molecule has 2 nitrogen and oxygen atoms in total. The lowest BCUT2D eigenvalue weighted by Gasteiger charge is -2.28. The summed E-state index contributed by atoms with van der Waals surface area (Å²) in [6.07, 6.45) is 7.35. The van der Waals surface area contributed by atoms with Gasteiger partial charge in [0.2, 0.25) is 0 Å². The summed E-state index contributed by atoms with van der Waals surface area (Å²) in [5.74, 6) is 0. The molecule has 1 aliphatic rings. The minimum atomic E-state index is 0.113. The topological polar surface area (TPSA) is 24.9 Å². The van der Waals surface area contributed by atoms with Gasteiger partial charge in [0.05, 0.1) is 11.2 Å². The molecular formula is C13H22N2S. The third-order valence-corrected chi connectivity index (χ3v) is 5.30. The maximum Gasteiger partial charge on any atom is 0.113 e. The van der Waals surface area contributed by atoms with Crippen LogP contribution < -0.4 is 5.32 Å². The first-order chi connectivity index (χ1) is 7.75. The van der Waals surface area contributed by atoms with E-state index in [9.17, 15) is 0 Å². The molecule has 0 atom stereocenters. The molecule has 1 N–H and O–H groups in total. The molecule has 1 aromatic heterocycles. The molecule has 1 heterocycles. The zero-order valence-corrected chi connectivity index (χ0v) is 11.4. The number of aryl methyl sites for hydroxylation is 2. The summed E-state index contributed by atoms with van der Waals surface area (Å²) in [5, 5.41) is 4.80. The fraction of sp³-hybridized carbons (Fsp3) is 0.769. The number of nitrogens with zero attached hydrogens (tertiary/aromatic N) is 1. The molecule has 0 amide bonds. The highest BCUT2D eigenvalue weighted by Crippen LogP contribution is 2.35. The van der Waals surface area contributed by atoms with E-state index in [0.717, 1.165) is 12.8 Å². The molecule has 0 bridgehead atoms. The summed E-state index contributed by atoms with van der Waals surface area (Å²) in [6.45, 7) is 4.50. The summed E-state index contributed by atoms with van der Waals surface area (Å²) in [4.78, 5) is 6.44. The van der Waals surface area contributed by atoms with Crippen LogP contribution in [0.2, 0.25) is 0 Å². The normalized spacial score (nSPS) is 16.2. The highest BCUT2D eigenvalue weighted by Gasteiger charge is 2.31. The average Bonchev–Trinajstić information content (AvgIpc) is 2.76. The summed E-state index contributed by atoms with van der Waals surface area (Å²) >= 11 is 1.94. The van der Waals surface area contributed by atoms with E-state index in [-0.39, 0.29) is 5.54 Å². The predicted octanol–water partition coefficient (Wildman–Crippen LogP) is 3.26. The number of thiazole rings is 1. The highest BCUT2D eigenvalue weighted by atomic mass is 32.1. The summed E-state index contributed by atoms with van der Waals surface area (Å²) in [7, 11) is 2.06. The first-order valence-corrected chi connectivity index (χ1v) is 7.25. The molecular weight excluding hydrogens is 216 g/mol. The summed E-state index contributed by atoms with van der Waals surface area (Å²) in [6, 6.07) is 0. The van der Waals surface area contributed by atoms with Gasteiger partial charge in [-0.3, -0.25) is 0 Å². The smallest absolute Gasteiger partial charge is 0.113 e. The monoisotopic (exact) mass is 238 g/mol. The largest absolute Gasteiger partial charge is 0.308 e. The van der Waals surface area contributed by atoms with Crippen molar-refractivity contribution in [2.45, 2.75) is 57.9 Å². The van der Waals surface area contributed by atoms with E-state index in [2.05, 4.69) is 26.2 Å². The van der Waals surface area contributed by atoms with Crippen molar-refractivity contribution in [3.63, 3.8) is 0 Å². The van der Waals surface area contributed by atoms with E-state index < -0.39 is 0 Å². The molecule has 0 fully saturated rings. The molecule has 0 radical (unpaired) electrons. The van der Waals surface area contributed by atoms with Crippen LogP contribution in [0.25, 0.3) is 0 Å². The number of fused-ring (bicyclic) bond motifs is 1. The second-order valence-corrected chi connectivity index (χ2v) is 5.72. The van der Waals surface area contributed by atoms with Crippen molar-refractivity contribution < 1.29 is 0 Å². The quantitative estimate of drug-likeness (QED) is 0.871. The lowest BCUT2D eigenvalue weighted by atomic mass is 9.94. The molecule has 0 saturated carbocycles. The third kappa shape index (κ3) is 1.91. The Labute approximate surface area is 102 Å². The lowest BCUT2D eigenvalue weighted by Crippen LogP contribution is -2.38. The van der Waals surface area contributed by atoms with Crippen molar-refractivity contribution >= 4 is 11.3 Å². The van der Waals surface area contributed by atoms with Gasteiger partial charge in [0.25, 0.3) is 0 Å². The molecule has 0 unspecified atom stereocenters. The Morgan fingerprint density at radius 2 is 1.94 bits per heavy atom. The standard InChI is InChI=1S/C13H22N2S/c1-4-13(5-2,14-3)12-15-10-8-6-7-9-11(10)16-12/h14H,4-9H2,1-3H3. The Bertz CT molecular complexity index is 321. The van der Waals surface area contributed by atoms with Crippen LogP contribution in [0.5, 0.6) is 0 Å². The van der Waals surface area contributed by atoms with Gasteiger partial charge in [-0.25, -0.2) is 4.98 Å². The van der Waals surface area contributed by atoms with E-state index in [4.69, 9.17) is 4.98 Å². The fourth-order valence-corrected chi connectivity index (χ4v) is 4.06. The van der Waals surface area contributed by atoms with Crippen LogP contribution in [0.3, 0.4) is 0 Å². The van der Waals surface area contributed by atoms with E-state index in [1.54, 1.807) is 4.88 Å². The van der Waals surface area contributed by atoms with Gasteiger partial charge in [-0.2, -0.15) is 0 Å². The molecule has 3 heteroatoms. The molecule has 2 rings (SSSR count). The number of hydrogen-bond acceptors (Lipinski definition) is 3. The van der Waals surface area contributed by atoms with Gasteiger partial charge < -0.3 is 5.32 Å². The minimum absolute atomic E-state index is 0.113. The fourth-order valence-electron chi connectivity index (χ4n) is 2.57. The highest BCUT2D eigenvalue weighted by molar-refractivity contribution is 7.11. The maximum atomic E-state index is 4.89. The average molecular weight is 238 g/mol. The van der Waals surface area contributed by atoms with Crippen LogP contribution in [-0.2, 0) is 18.4 Å². The molecule has 0 spiro atoms. The van der Waals surface area contributed by atoms with Crippen molar-refractivity contribution in [2.24, 2.45) is 0 Å². The van der Waals surface area contributed by atoms with E-state index in [1.165, 1.54) is 36.4 Å². The predicted molar refractivity (Wildman–Crippen MR) is 70.1 cm³/mol. The number of rotatable bonds is 4. The van der Waals surface area contributed by atoms with Crippen molar-refractivity contribution in [3.05, 3.63) is 15.6 Å². The van der Waals surface area contributed by atoms with Crippen LogP contribution in [0, 0.1) is 0 Å². The van der Waals surface area contributed by atoms with Gasteiger partial charge in [0, 0.05) is 4.88 Å². The number of hydrogen-bond donors (Lipinski definition) is 1. The van der Waals surface area contributed by atoms with Crippen molar-refractivity contribution in [2.75, 3.05) is 7.05 Å². The zero-order valence-electron chi connectivity index (χ0n) is 10.6. The molecule has 0 aromatic carbocycles. The maximum absolute atomic E-state index is 4.89. The number of aromatic nitrogens is 1. The SMILES string of the molecule is CCC(CC)(NC)c1nc2c(s1)CCCC2. The molecule has 90 valence electrons. The second kappa shape index (κ2) is 4.84. The molecule has 1 aliphatic carbocycles. The Hall–Kier alpha value is -0.410. The summed E-state index contributed by atoms with van der Waals surface area (Å²) in [5.41, 5.74) is 1.50. The molecule has 0 aliphatic heterocycles. The van der Waals surface area contributed by atoms with Gasteiger partial charge in [-0.15, -0.1) is 11.3 Å².